The van der Waals surface area contributed by atoms with Crippen molar-refractivity contribution in [1.82, 2.24) is 34.2 Å². The first-order chi connectivity index (χ1) is 13.0. The second-order valence-electron chi connectivity index (χ2n) is 7.24. The Labute approximate surface area is 158 Å². The molecule has 8 heteroatoms. The Morgan fingerprint density at radius 2 is 2.19 bits per heavy atom. The molecule has 0 radical (unpaired) electrons. The van der Waals surface area contributed by atoms with Crippen LogP contribution in [-0.4, -0.2) is 53.2 Å². The van der Waals surface area contributed by atoms with Crippen LogP contribution in [0.1, 0.15) is 52.3 Å². The number of carbonyl (C=O) groups is 1. The molecule has 1 N–H and O–H groups in total. The summed E-state index contributed by atoms with van der Waals surface area (Å²) in [6.45, 7) is 6.03. The molecule has 27 heavy (non-hydrogen) atoms. The molecule has 3 aromatic rings. The number of H-pyrrole nitrogens is 1. The third-order valence-electron chi connectivity index (χ3n) is 5.49. The maximum atomic E-state index is 12.9. The summed E-state index contributed by atoms with van der Waals surface area (Å²) < 4.78 is 4.12. The van der Waals surface area contributed by atoms with Gasteiger partial charge in [-0.2, -0.15) is 0 Å². The quantitative estimate of drug-likeness (QED) is 0.765. The van der Waals surface area contributed by atoms with Crippen LogP contribution < -0.4 is 0 Å². The molecule has 0 bridgehead atoms. The molecule has 0 saturated carbocycles. The van der Waals surface area contributed by atoms with E-state index in [1.807, 2.05) is 44.3 Å². The van der Waals surface area contributed by atoms with Gasteiger partial charge in [-0.25, -0.2) is 4.98 Å². The summed E-state index contributed by atoms with van der Waals surface area (Å²) in [5.74, 6) is 3.10. The topological polar surface area (TPSA) is 84.6 Å². The maximum absolute atomic E-state index is 12.9. The van der Waals surface area contributed by atoms with E-state index < -0.39 is 0 Å². The van der Waals surface area contributed by atoms with E-state index in [1.165, 1.54) is 0 Å². The van der Waals surface area contributed by atoms with Gasteiger partial charge in [0.25, 0.3) is 5.91 Å². The number of likely N-dealkylation sites (tertiary alicyclic amines) is 1. The number of hydrogen-bond acceptors (Lipinski definition) is 4. The minimum absolute atomic E-state index is 0.0925. The fourth-order valence-electron chi connectivity index (χ4n) is 3.82. The Bertz CT molecular complexity index is 951. The minimum atomic E-state index is 0.0925. The lowest BCUT2D eigenvalue weighted by molar-refractivity contribution is 0.0703. The summed E-state index contributed by atoms with van der Waals surface area (Å²) in [5.41, 5.74) is 1.67. The predicted molar refractivity (Wildman–Crippen MR) is 100 cm³/mol. The van der Waals surface area contributed by atoms with Gasteiger partial charge in [-0.05, 0) is 32.8 Å². The number of amides is 1. The molecule has 1 atom stereocenters. The van der Waals surface area contributed by atoms with Crippen LogP contribution in [-0.2, 0) is 13.6 Å². The van der Waals surface area contributed by atoms with Crippen LogP contribution in [0.2, 0.25) is 0 Å². The third-order valence-corrected chi connectivity index (χ3v) is 5.49. The molecule has 1 fully saturated rings. The average Bonchev–Trinajstić information content (AvgIpc) is 3.37. The zero-order chi connectivity index (χ0) is 19.0. The zero-order valence-electron chi connectivity index (χ0n) is 16.0. The van der Waals surface area contributed by atoms with E-state index in [2.05, 4.69) is 29.3 Å². The normalized spacial score (nSPS) is 17.4. The van der Waals surface area contributed by atoms with Gasteiger partial charge in [-0.15, -0.1) is 10.2 Å². The molecule has 142 valence electrons. The third kappa shape index (κ3) is 3.27. The van der Waals surface area contributed by atoms with E-state index in [0.717, 1.165) is 48.1 Å². The molecular weight excluding hydrogens is 342 g/mol. The van der Waals surface area contributed by atoms with Crippen molar-refractivity contribution in [3.05, 3.63) is 53.4 Å². The van der Waals surface area contributed by atoms with E-state index in [-0.39, 0.29) is 11.8 Å². The maximum Gasteiger partial charge on any atom is 0.255 e. The number of carbonyl (C=O) groups excluding carboxylic acids is 1. The lowest BCUT2D eigenvalue weighted by Crippen LogP contribution is -2.39. The summed E-state index contributed by atoms with van der Waals surface area (Å²) in [6.07, 6.45) is 7.55. The Morgan fingerprint density at radius 1 is 1.33 bits per heavy atom. The van der Waals surface area contributed by atoms with Crippen LogP contribution in [0.4, 0.5) is 0 Å². The molecule has 0 aromatic carbocycles. The summed E-state index contributed by atoms with van der Waals surface area (Å²) >= 11 is 0. The monoisotopic (exact) mass is 367 g/mol. The molecule has 1 saturated heterocycles. The highest BCUT2D eigenvalue weighted by atomic mass is 16.2. The van der Waals surface area contributed by atoms with Crippen LogP contribution in [0.25, 0.3) is 0 Å². The van der Waals surface area contributed by atoms with Crippen molar-refractivity contribution in [1.29, 1.82) is 0 Å². The summed E-state index contributed by atoms with van der Waals surface area (Å²) in [6, 6.07) is 1.86. The number of aryl methyl sites for hydroxylation is 2. The molecule has 4 rings (SSSR count). The van der Waals surface area contributed by atoms with E-state index in [0.29, 0.717) is 13.1 Å². The number of hydrogen-bond donors (Lipinski definition) is 1. The van der Waals surface area contributed by atoms with Crippen LogP contribution in [0.5, 0.6) is 0 Å². The van der Waals surface area contributed by atoms with Gasteiger partial charge < -0.3 is 19.0 Å². The van der Waals surface area contributed by atoms with Crippen molar-refractivity contribution in [2.45, 2.75) is 39.2 Å². The second-order valence-corrected chi connectivity index (χ2v) is 7.24. The molecule has 1 aliphatic rings. The van der Waals surface area contributed by atoms with Crippen LogP contribution >= 0.6 is 0 Å². The van der Waals surface area contributed by atoms with Crippen molar-refractivity contribution >= 4 is 5.91 Å². The van der Waals surface area contributed by atoms with E-state index >= 15 is 0 Å². The molecule has 1 amide bonds. The Hall–Kier alpha value is -2.90. The van der Waals surface area contributed by atoms with E-state index in [1.54, 1.807) is 6.20 Å². The van der Waals surface area contributed by atoms with Gasteiger partial charge in [0.1, 0.15) is 11.6 Å². The first-order valence-electron chi connectivity index (χ1n) is 9.33. The number of nitrogens with zero attached hydrogens (tertiary/aromatic N) is 6. The summed E-state index contributed by atoms with van der Waals surface area (Å²) in [4.78, 5) is 22.1. The van der Waals surface area contributed by atoms with Gasteiger partial charge in [0.2, 0.25) is 0 Å². The molecule has 0 aliphatic carbocycles. The second kappa shape index (κ2) is 7.02. The Morgan fingerprint density at radius 3 is 2.89 bits per heavy atom. The van der Waals surface area contributed by atoms with Gasteiger partial charge in [0.15, 0.2) is 5.82 Å². The molecule has 3 aromatic heterocycles. The van der Waals surface area contributed by atoms with Gasteiger partial charge >= 0.3 is 0 Å². The fraction of sp³-hybridized carbons (Fsp3) is 0.474. The molecule has 0 unspecified atom stereocenters. The molecule has 0 spiro atoms. The fourth-order valence-corrected chi connectivity index (χ4v) is 3.82. The molecule has 1 aliphatic heterocycles. The first kappa shape index (κ1) is 17.5. The van der Waals surface area contributed by atoms with Crippen LogP contribution in [0.15, 0.2) is 24.7 Å². The number of piperidine rings is 1. The smallest absolute Gasteiger partial charge is 0.255 e. The van der Waals surface area contributed by atoms with Crippen LogP contribution in [0.3, 0.4) is 0 Å². The SMILES string of the molecule is Cc1[nH]ccc1C(=O)N1CCC[C@@H](c2nnc(Cn3ccnc3C)n2C)C1. The Balaban J connectivity index is 1.51. The van der Waals surface area contributed by atoms with Gasteiger partial charge in [-0.3, -0.25) is 4.79 Å². The Kier molecular flexibility index (Phi) is 4.55. The summed E-state index contributed by atoms with van der Waals surface area (Å²) in [7, 11) is 2.01. The highest BCUT2D eigenvalue weighted by molar-refractivity contribution is 5.95. The zero-order valence-corrected chi connectivity index (χ0v) is 16.0. The van der Waals surface area contributed by atoms with E-state index in [9.17, 15) is 4.79 Å². The van der Waals surface area contributed by atoms with Crippen LogP contribution in [0, 0.1) is 13.8 Å². The van der Waals surface area contributed by atoms with Crippen molar-refractivity contribution in [2.75, 3.05) is 13.1 Å². The van der Waals surface area contributed by atoms with Gasteiger partial charge in [0.05, 0.1) is 12.1 Å². The standard InChI is InChI=1S/C19H25N7O/c1-13-16(6-7-20-13)19(27)26-9-4-5-15(11-26)18-23-22-17(24(18)3)12-25-10-8-21-14(25)2/h6-8,10,15,20H,4-5,9,11-12H2,1-3H3/t15-/m1/s1. The molecular formula is C19H25N7O. The number of rotatable bonds is 4. The minimum Gasteiger partial charge on any atom is -0.365 e. The van der Waals surface area contributed by atoms with Crippen molar-refractivity contribution in [3.63, 3.8) is 0 Å². The van der Waals surface area contributed by atoms with Gasteiger partial charge in [-0.1, -0.05) is 0 Å². The highest BCUT2D eigenvalue weighted by Crippen LogP contribution is 2.27. The number of aromatic amines is 1. The largest absolute Gasteiger partial charge is 0.365 e. The van der Waals surface area contributed by atoms with E-state index in [4.69, 9.17) is 0 Å². The van der Waals surface area contributed by atoms with Crippen molar-refractivity contribution in [2.24, 2.45) is 7.05 Å². The van der Waals surface area contributed by atoms with Gasteiger partial charge in [0, 0.05) is 50.3 Å². The lowest BCUT2D eigenvalue weighted by Gasteiger charge is -2.32. The summed E-state index contributed by atoms with van der Waals surface area (Å²) in [5, 5.41) is 8.86. The lowest BCUT2D eigenvalue weighted by atomic mass is 9.96. The number of imidazole rings is 1. The van der Waals surface area contributed by atoms with Crippen molar-refractivity contribution < 1.29 is 4.79 Å². The number of nitrogens with one attached hydrogen (secondary N) is 1. The number of aromatic nitrogens is 6. The first-order valence-corrected chi connectivity index (χ1v) is 9.33. The predicted octanol–water partition coefficient (Wildman–Crippen LogP) is 2.02. The molecule has 4 heterocycles. The highest BCUT2D eigenvalue weighted by Gasteiger charge is 2.29. The average molecular weight is 367 g/mol. The van der Waals surface area contributed by atoms with Crippen molar-refractivity contribution in [3.8, 4) is 0 Å². The molecule has 8 nitrogen and oxygen atoms in total.